The van der Waals surface area contributed by atoms with E-state index in [1.807, 2.05) is 0 Å². The summed E-state index contributed by atoms with van der Waals surface area (Å²) < 4.78 is 61.1. The zero-order valence-electron chi connectivity index (χ0n) is 17.5. The maximum absolute atomic E-state index is 14.9. The number of aryl methyl sites for hydroxylation is 1. The lowest BCUT2D eigenvalue weighted by Gasteiger charge is -2.14. The lowest BCUT2D eigenvalue weighted by molar-refractivity contribution is 0.341. The Morgan fingerprint density at radius 1 is 1.03 bits per heavy atom. The second-order valence-electron chi connectivity index (χ2n) is 6.64. The Labute approximate surface area is 182 Å². The van der Waals surface area contributed by atoms with Gasteiger partial charge in [0.05, 0.1) is 45.6 Å². The molecule has 0 aliphatic heterocycles. The Kier molecular flexibility index (Phi) is 5.34. The minimum absolute atomic E-state index is 0.0812. The van der Waals surface area contributed by atoms with E-state index in [9.17, 15) is 12.8 Å². The van der Waals surface area contributed by atoms with E-state index >= 15 is 0 Å². The molecule has 3 aromatic heterocycles. The van der Waals surface area contributed by atoms with Crippen molar-refractivity contribution in [3.8, 4) is 28.5 Å². The molecule has 11 nitrogen and oxygen atoms in total. The van der Waals surface area contributed by atoms with E-state index in [4.69, 9.17) is 14.2 Å². The molecule has 0 radical (unpaired) electrons. The molecule has 4 aromatic rings. The Morgan fingerprint density at radius 2 is 1.81 bits per heavy atom. The van der Waals surface area contributed by atoms with Crippen molar-refractivity contribution in [2.24, 2.45) is 7.05 Å². The minimum atomic E-state index is -4.04. The van der Waals surface area contributed by atoms with E-state index in [0.717, 1.165) is 0 Å². The van der Waals surface area contributed by atoms with Crippen molar-refractivity contribution in [2.75, 3.05) is 26.1 Å². The first-order valence-electron chi connectivity index (χ1n) is 9.13. The number of methoxy groups -OCH3 is 3. The highest BCUT2D eigenvalue weighted by atomic mass is 32.2. The summed E-state index contributed by atoms with van der Waals surface area (Å²) in [6, 6.07) is 2.64. The number of hydrogen-bond donors (Lipinski definition) is 1. The van der Waals surface area contributed by atoms with E-state index in [1.54, 1.807) is 13.2 Å². The largest absolute Gasteiger partial charge is 0.492 e. The topological polar surface area (TPSA) is 122 Å². The van der Waals surface area contributed by atoms with Gasteiger partial charge < -0.3 is 14.2 Å². The second-order valence-corrected chi connectivity index (χ2v) is 8.32. The Bertz CT molecular complexity index is 1420. The number of fused-ring (bicyclic) bond motifs is 1. The van der Waals surface area contributed by atoms with Gasteiger partial charge in [0, 0.05) is 18.8 Å². The maximum Gasteiger partial charge on any atom is 0.265 e. The zero-order chi connectivity index (χ0) is 23.0. The van der Waals surface area contributed by atoms with Crippen molar-refractivity contribution < 1.29 is 27.0 Å². The Morgan fingerprint density at radius 3 is 2.44 bits per heavy atom. The van der Waals surface area contributed by atoms with Crippen LogP contribution in [0.3, 0.4) is 0 Å². The molecular formula is C19H19FN6O5S. The highest BCUT2D eigenvalue weighted by molar-refractivity contribution is 7.92. The molecule has 0 saturated heterocycles. The maximum atomic E-state index is 14.9. The summed E-state index contributed by atoms with van der Waals surface area (Å²) in [5, 5.41) is 8.08. The zero-order valence-corrected chi connectivity index (χ0v) is 18.3. The van der Waals surface area contributed by atoms with Crippen LogP contribution in [0, 0.1) is 5.82 Å². The van der Waals surface area contributed by atoms with Crippen molar-refractivity contribution in [2.45, 2.75) is 4.90 Å². The number of ether oxygens (including phenoxy) is 3. The average Bonchev–Trinajstić information content (AvgIpc) is 3.38. The third-order valence-electron chi connectivity index (χ3n) is 4.63. The van der Waals surface area contributed by atoms with Gasteiger partial charge in [0.1, 0.15) is 4.90 Å². The molecule has 0 bridgehead atoms. The van der Waals surface area contributed by atoms with Gasteiger partial charge in [-0.05, 0) is 17.7 Å². The summed E-state index contributed by atoms with van der Waals surface area (Å²) in [7, 11) is 1.69. The molecule has 0 amide bonds. The van der Waals surface area contributed by atoms with Gasteiger partial charge >= 0.3 is 0 Å². The van der Waals surface area contributed by atoms with Crippen LogP contribution in [0.1, 0.15) is 0 Å². The molecule has 1 N–H and O–H groups in total. The van der Waals surface area contributed by atoms with E-state index in [1.165, 1.54) is 61.2 Å². The lowest BCUT2D eigenvalue weighted by Crippen LogP contribution is -2.13. The van der Waals surface area contributed by atoms with Crippen LogP contribution in [0.15, 0.2) is 41.8 Å². The van der Waals surface area contributed by atoms with E-state index in [-0.39, 0.29) is 22.2 Å². The van der Waals surface area contributed by atoms with Crippen LogP contribution in [-0.4, -0.2) is 54.1 Å². The molecule has 0 spiro atoms. The summed E-state index contributed by atoms with van der Waals surface area (Å²) in [6.45, 7) is 0. The number of anilines is 1. The molecule has 0 fully saturated rings. The molecule has 3 heterocycles. The summed E-state index contributed by atoms with van der Waals surface area (Å²) in [6.07, 6.45) is 5.55. The molecule has 0 saturated carbocycles. The highest BCUT2D eigenvalue weighted by Gasteiger charge is 2.23. The Balaban J connectivity index is 1.84. The van der Waals surface area contributed by atoms with Gasteiger partial charge in [-0.2, -0.15) is 15.2 Å². The molecule has 4 rings (SSSR count). The molecule has 0 atom stereocenters. The van der Waals surface area contributed by atoms with Gasteiger partial charge in [-0.1, -0.05) is 0 Å². The SMILES string of the molecule is COc1cn2ncc(-c3cc(F)c(OC)c(NS(=O)(=O)c4cnn(C)c4)c3)c2nc1OC. The van der Waals surface area contributed by atoms with Gasteiger partial charge in [-0.15, -0.1) is 0 Å². The molecule has 0 unspecified atom stereocenters. The van der Waals surface area contributed by atoms with E-state index in [2.05, 4.69) is 19.9 Å². The average molecular weight is 462 g/mol. The first-order valence-corrected chi connectivity index (χ1v) is 10.6. The number of hydrogen-bond acceptors (Lipinski definition) is 8. The molecule has 0 aliphatic carbocycles. The van der Waals surface area contributed by atoms with Crippen LogP contribution in [0.25, 0.3) is 16.8 Å². The Hall–Kier alpha value is -3.87. The first kappa shape index (κ1) is 21.4. The summed E-state index contributed by atoms with van der Waals surface area (Å²) in [4.78, 5) is 4.30. The predicted octanol–water partition coefficient (Wildman–Crippen LogP) is 2.10. The number of nitrogens with zero attached hydrogens (tertiary/aromatic N) is 5. The van der Waals surface area contributed by atoms with Crippen molar-refractivity contribution >= 4 is 21.4 Å². The number of halogens is 1. The van der Waals surface area contributed by atoms with Crippen LogP contribution < -0.4 is 18.9 Å². The lowest BCUT2D eigenvalue weighted by atomic mass is 10.1. The summed E-state index contributed by atoms with van der Waals surface area (Å²) in [5.41, 5.74) is 1.02. The van der Waals surface area contributed by atoms with Gasteiger partial charge in [-0.25, -0.2) is 17.3 Å². The number of aromatic nitrogens is 5. The van der Waals surface area contributed by atoms with Crippen LogP contribution in [0.5, 0.6) is 17.4 Å². The fourth-order valence-electron chi connectivity index (χ4n) is 3.14. The molecule has 13 heteroatoms. The van der Waals surface area contributed by atoms with E-state index in [0.29, 0.717) is 22.5 Å². The van der Waals surface area contributed by atoms with Crippen molar-refractivity contribution in [1.29, 1.82) is 0 Å². The van der Waals surface area contributed by atoms with Gasteiger partial charge in [0.25, 0.3) is 15.9 Å². The highest BCUT2D eigenvalue weighted by Crippen LogP contribution is 2.37. The quantitative estimate of drug-likeness (QED) is 0.443. The molecule has 32 heavy (non-hydrogen) atoms. The number of sulfonamides is 1. The summed E-state index contributed by atoms with van der Waals surface area (Å²) >= 11 is 0. The molecular weight excluding hydrogens is 443 g/mol. The second kappa shape index (κ2) is 8.00. The molecule has 0 aliphatic rings. The molecule has 168 valence electrons. The molecule has 1 aromatic carbocycles. The third kappa shape index (κ3) is 3.66. The number of nitrogens with one attached hydrogen (secondary N) is 1. The van der Waals surface area contributed by atoms with Gasteiger partial charge in [-0.3, -0.25) is 9.40 Å². The van der Waals surface area contributed by atoms with Crippen molar-refractivity contribution in [3.63, 3.8) is 0 Å². The van der Waals surface area contributed by atoms with Crippen molar-refractivity contribution in [1.82, 2.24) is 24.4 Å². The smallest absolute Gasteiger partial charge is 0.265 e. The van der Waals surface area contributed by atoms with Gasteiger partial charge in [0.15, 0.2) is 23.0 Å². The number of rotatable bonds is 7. The van der Waals surface area contributed by atoms with Crippen LogP contribution >= 0.6 is 0 Å². The fourth-order valence-corrected chi connectivity index (χ4v) is 4.18. The summed E-state index contributed by atoms with van der Waals surface area (Å²) in [5.74, 6) is -0.452. The standard InChI is InChI=1S/C19H19FN6O5S/c1-25-9-12(7-21-25)32(27,28)24-15-6-11(5-14(20)17(15)30-3)13-8-22-26-10-16(29-2)19(31-4)23-18(13)26/h5-10,24H,1-4H3. The van der Waals surface area contributed by atoms with Crippen molar-refractivity contribution in [3.05, 3.63) is 42.7 Å². The normalized spacial score (nSPS) is 11.5. The van der Waals surface area contributed by atoms with Crippen LogP contribution in [0.4, 0.5) is 10.1 Å². The minimum Gasteiger partial charge on any atom is -0.492 e. The third-order valence-corrected chi connectivity index (χ3v) is 5.95. The van der Waals surface area contributed by atoms with E-state index < -0.39 is 15.8 Å². The predicted molar refractivity (Wildman–Crippen MR) is 112 cm³/mol. The number of benzene rings is 1. The fraction of sp³-hybridized carbons (Fsp3) is 0.211. The van der Waals surface area contributed by atoms with Crippen LogP contribution in [0.2, 0.25) is 0 Å². The monoisotopic (exact) mass is 462 g/mol. The van der Waals surface area contributed by atoms with Crippen LogP contribution in [-0.2, 0) is 17.1 Å². The van der Waals surface area contributed by atoms with Gasteiger partial charge in [0.2, 0.25) is 0 Å². The first-order chi connectivity index (χ1) is 15.3.